The summed E-state index contributed by atoms with van der Waals surface area (Å²) in [5.41, 5.74) is 4.29. The average Bonchev–Trinajstić information content (AvgIpc) is 3.38. The molecule has 5 rings (SSSR count). The zero-order valence-corrected chi connectivity index (χ0v) is 24.1. The maximum absolute atomic E-state index is 6.69. The van der Waals surface area contributed by atoms with Crippen LogP contribution in [0.3, 0.4) is 0 Å². The van der Waals surface area contributed by atoms with Gasteiger partial charge in [0, 0.05) is 56.2 Å². The summed E-state index contributed by atoms with van der Waals surface area (Å²) in [7, 11) is 5.41. The van der Waals surface area contributed by atoms with E-state index in [0.717, 1.165) is 71.1 Å². The number of hydrogen-bond acceptors (Lipinski definition) is 10. The molecular formula is C28H32ClN7O2S. The molecule has 11 heteroatoms. The maximum Gasteiger partial charge on any atom is 0.227 e. The van der Waals surface area contributed by atoms with Gasteiger partial charge in [0.2, 0.25) is 5.95 Å². The Bertz CT molecular complexity index is 1420. The van der Waals surface area contributed by atoms with E-state index < -0.39 is 0 Å². The summed E-state index contributed by atoms with van der Waals surface area (Å²) < 4.78 is 11.0. The zero-order chi connectivity index (χ0) is 27.4. The summed E-state index contributed by atoms with van der Waals surface area (Å²) in [4.78, 5) is 19.7. The van der Waals surface area contributed by atoms with Crippen LogP contribution in [0.25, 0.3) is 21.8 Å². The van der Waals surface area contributed by atoms with Crippen LogP contribution in [0.15, 0.2) is 48.7 Å². The number of nitrogens with zero attached hydrogens (tertiary/aromatic N) is 5. The third-order valence-electron chi connectivity index (χ3n) is 6.52. The van der Waals surface area contributed by atoms with Crippen molar-refractivity contribution in [2.75, 3.05) is 69.5 Å². The van der Waals surface area contributed by atoms with Gasteiger partial charge in [0.1, 0.15) is 11.5 Å². The molecule has 3 heterocycles. The van der Waals surface area contributed by atoms with Crippen LogP contribution in [-0.4, -0.2) is 73.8 Å². The van der Waals surface area contributed by atoms with E-state index in [4.69, 9.17) is 31.0 Å². The smallest absolute Gasteiger partial charge is 0.227 e. The number of anilines is 4. The van der Waals surface area contributed by atoms with E-state index in [1.807, 2.05) is 43.3 Å². The molecule has 2 aromatic heterocycles. The molecule has 1 aliphatic rings. The van der Waals surface area contributed by atoms with Crippen molar-refractivity contribution in [3.63, 3.8) is 0 Å². The number of thiazole rings is 1. The Morgan fingerprint density at radius 2 is 1.72 bits per heavy atom. The third kappa shape index (κ3) is 6.19. The van der Waals surface area contributed by atoms with Crippen LogP contribution >= 0.6 is 22.9 Å². The minimum atomic E-state index is 0.475. The summed E-state index contributed by atoms with van der Waals surface area (Å²) in [5.74, 6) is 1.86. The number of ether oxygens (including phenoxy) is 2. The number of aromatic nitrogens is 3. The number of halogens is 1. The Morgan fingerprint density at radius 1 is 0.974 bits per heavy atom. The second-order valence-corrected chi connectivity index (χ2v) is 10.6. The number of likely N-dealkylation sites (N-methyl/N-ethyl adjacent to an activating group) is 1. The molecule has 0 atom stereocenters. The summed E-state index contributed by atoms with van der Waals surface area (Å²) in [6.45, 7) is 6.76. The van der Waals surface area contributed by atoms with E-state index in [0.29, 0.717) is 22.5 Å². The first kappa shape index (κ1) is 27.0. The number of nitrogens with one attached hydrogen (secondary N) is 2. The van der Waals surface area contributed by atoms with Gasteiger partial charge >= 0.3 is 0 Å². The predicted octanol–water partition coefficient (Wildman–Crippen LogP) is 5.86. The van der Waals surface area contributed by atoms with E-state index in [2.05, 4.69) is 38.5 Å². The van der Waals surface area contributed by atoms with Gasteiger partial charge in [-0.1, -0.05) is 22.9 Å². The summed E-state index contributed by atoms with van der Waals surface area (Å²) >= 11 is 8.24. The van der Waals surface area contributed by atoms with Crippen LogP contribution < -0.4 is 25.0 Å². The van der Waals surface area contributed by atoms with Crippen molar-refractivity contribution in [2.24, 2.45) is 0 Å². The van der Waals surface area contributed by atoms with Gasteiger partial charge in [-0.25, -0.2) is 15.0 Å². The van der Waals surface area contributed by atoms with Crippen molar-refractivity contribution in [2.45, 2.75) is 6.92 Å². The summed E-state index contributed by atoms with van der Waals surface area (Å²) in [6, 6.07) is 13.6. The van der Waals surface area contributed by atoms with Crippen LogP contribution in [0.1, 0.15) is 6.92 Å². The fourth-order valence-corrected chi connectivity index (χ4v) is 5.75. The van der Waals surface area contributed by atoms with E-state index in [9.17, 15) is 0 Å². The van der Waals surface area contributed by atoms with Crippen LogP contribution in [0, 0.1) is 0 Å². The molecule has 1 fully saturated rings. The monoisotopic (exact) mass is 565 g/mol. The third-order valence-corrected chi connectivity index (χ3v) is 7.85. The van der Waals surface area contributed by atoms with Gasteiger partial charge in [-0.15, -0.1) is 0 Å². The molecule has 1 saturated heterocycles. The highest BCUT2D eigenvalue weighted by Crippen LogP contribution is 2.41. The quantitative estimate of drug-likeness (QED) is 0.259. The maximum atomic E-state index is 6.69. The Morgan fingerprint density at radius 3 is 2.38 bits per heavy atom. The standard InChI is InChI=1S/C28H32ClN7O2S/c1-5-30-28-34-25(18-14-20(37-3)17-21(15-18)38-4)26(39-28)23-8-9-31-27(33-23)32-19-6-7-24(22(29)16-19)36-12-10-35(2)11-13-36/h6-9,14-17H,5,10-13H2,1-4H3,(H,30,34)(H,31,32,33). The van der Waals surface area contributed by atoms with Crippen LogP contribution in [0.2, 0.25) is 5.02 Å². The molecule has 39 heavy (non-hydrogen) atoms. The zero-order valence-electron chi connectivity index (χ0n) is 22.5. The minimum Gasteiger partial charge on any atom is -0.497 e. The molecule has 0 radical (unpaired) electrons. The van der Waals surface area contributed by atoms with Gasteiger partial charge in [-0.05, 0) is 50.4 Å². The van der Waals surface area contributed by atoms with Crippen LogP contribution in [0.4, 0.5) is 22.5 Å². The molecule has 2 N–H and O–H groups in total. The topological polar surface area (TPSA) is 87.7 Å². The molecule has 1 aliphatic heterocycles. The highest BCUT2D eigenvalue weighted by atomic mass is 35.5. The molecule has 4 aromatic rings. The van der Waals surface area contributed by atoms with Crippen LogP contribution in [0.5, 0.6) is 11.5 Å². The van der Waals surface area contributed by atoms with Crippen molar-refractivity contribution in [3.8, 4) is 33.3 Å². The Hall–Kier alpha value is -3.60. The lowest BCUT2D eigenvalue weighted by molar-refractivity contribution is 0.313. The number of piperazine rings is 1. The first-order valence-corrected chi connectivity index (χ1v) is 14.0. The summed E-state index contributed by atoms with van der Waals surface area (Å²) in [6.07, 6.45) is 1.74. The van der Waals surface area contributed by atoms with Crippen molar-refractivity contribution < 1.29 is 9.47 Å². The second kappa shape index (κ2) is 12.1. The van der Waals surface area contributed by atoms with Crippen molar-refractivity contribution in [1.82, 2.24) is 19.9 Å². The van der Waals surface area contributed by atoms with Gasteiger partial charge in [0.15, 0.2) is 5.13 Å². The normalized spacial score (nSPS) is 13.8. The number of benzene rings is 2. The fraction of sp³-hybridized carbons (Fsp3) is 0.321. The number of hydrogen-bond donors (Lipinski definition) is 2. The average molecular weight is 566 g/mol. The van der Waals surface area contributed by atoms with E-state index >= 15 is 0 Å². The molecule has 2 aromatic carbocycles. The second-order valence-electron chi connectivity index (χ2n) is 9.18. The van der Waals surface area contributed by atoms with Gasteiger partial charge in [0.05, 0.1) is 41.2 Å². The van der Waals surface area contributed by atoms with E-state index in [-0.39, 0.29) is 0 Å². The van der Waals surface area contributed by atoms with E-state index in [1.54, 1.807) is 31.8 Å². The molecule has 0 unspecified atom stereocenters. The Kier molecular flexibility index (Phi) is 8.35. The molecule has 9 nitrogen and oxygen atoms in total. The molecule has 0 bridgehead atoms. The largest absolute Gasteiger partial charge is 0.497 e. The first-order chi connectivity index (χ1) is 19.0. The van der Waals surface area contributed by atoms with Gasteiger partial charge in [-0.3, -0.25) is 0 Å². The lowest BCUT2D eigenvalue weighted by Crippen LogP contribution is -2.44. The molecule has 204 valence electrons. The Balaban J connectivity index is 1.44. The van der Waals surface area contributed by atoms with E-state index in [1.165, 1.54) is 0 Å². The van der Waals surface area contributed by atoms with Crippen molar-refractivity contribution >= 4 is 45.4 Å². The minimum absolute atomic E-state index is 0.475. The van der Waals surface area contributed by atoms with Gasteiger partial charge in [0.25, 0.3) is 0 Å². The first-order valence-electron chi connectivity index (χ1n) is 12.8. The highest BCUT2D eigenvalue weighted by molar-refractivity contribution is 7.19. The Labute approximate surface area is 237 Å². The highest BCUT2D eigenvalue weighted by Gasteiger charge is 2.19. The fourth-order valence-electron chi connectivity index (χ4n) is 4.42. The SMILES string of the molecule is CCNc1nc(-c2cc(OC)cc(OC)c2)c(-c2ccnc(Nc3ccc(N4CCN(C)CC4)c(Cl)c3)n2)s1. The number of methoxy groups -OCH3 is 2. The summed E-state index contributed by atoms with van der Waals surface area (Å²) in [5, 5.41) is 8.15. The van der Waals surface area contributed by atoms with Gasteiger partial charge in [-0.2, -0.15) is 0 Å². The number of rotatable bonds is 9. The van der Waals surface area contributed by atoms with Crippen molar-refractivity contribution in [3.05, 3.63) is 53.7 Å². The molecule has 0 amide bonds. The lowest BCUT2D eigenvalue weighted by atomic mass is 10.1. The lowest BCUT2D eigenvalue weighted by Gasteiger charge is -2.34. The van der Waals surface area contributed by atoms with Crippen molar-refractivity contribution in [1.29, 1.82) is 0 Å². The predicted molar refractivity (Wildman–Crippen MR) is 160 cm³/mol. The molecular weight excluding hydrogens is 534 g/mol. The van der Waals surface area contributed by atoms with Crippen LogP contribution in [-0.2, 0) is 0 Å². The van der Waals surface area contributed by atoms with Gasteiger partial charge < -0.3 is 29.9 Å². The molecule has 0 spiro atoms. The molecule has 0 saturated carbocycles. The molecule has 0 aliphatic carbocycles.